The van der Waals surface area contributed by atoms with E-state index < -0.39 is 0 Å². The molecule has 0 radical (unpaired) electrons. The van der Waals surface area contributed by atoms with E-state index in [0.717, 1.165) is 248 Å². The summed E-state index contributed by atoms with van der Waals surface area (Å²) in [6.07, 6.45) is 0. The van der Waals surface area contributed by atoms with Gasteiger partial charge in [-0.15, -0.1) is 0 Å². The number of fused-ring (bicyclic) bond motifs is 18. The van der Waals surface area contributed by atoms with Crippen LogP contribution in [-0.4, -0.2) is 13.7 Å². The van der Waals surface area contributed by atoms with Crippen LogP contribution in [0.1, 0.15) is 50.1 Å². The van der Waals surface area contributed by atoms with Gasteiger partial charge in [0.1, 0.15) is 33.5 Å². The molecule has 15 nitrogen and oxygen atoms in total. The van der Waals surface area contributed by atoms with Crippen molar-refractivity contribution in [2.24, 2.45) is 0 Å². The Morgan fingerprint density at radius 1 is 0.140 bits per heavy atom. The Labute approximate surface area is 858 Å². The number of hydrogen-bond donors (Lipinski definition) is 0. The van der Waals surface area contributed by atoms with Gasteiger partial charge in [0.15, 0.2) is 0 Å². The van der Waals surface area contributed by atoms with Crippen molar-refractivity contribution in [2.75, 3.05) is 0 Å². The predicted octanol–water partition coefficient (Wildman–Crippen LogP) is 33.9. The van der Waals surface area contributed by atoms with E-state index in [0.29, 0.717) is 50.1 Å². The molecule has 15 heteroatoms. The Balaban J connectivity index is 0.000000116. The normalized spacial score (nSPS) is 11.1. The minimum absolute atomic E-state index is 0.555. The van der Waals surface area contributed by atoms with Crippen molar-refractivity contribution < 1.29 is 13.3 Å². The zero-order chi connectivity index (χ0) is 101. The summed E-state index contributed by atoms with van der Waals surface area (Å²) in [5, 5.41) is 99.4. The number of para-hydroxylation sites is 3. The Kier molecular flexibility index (Phi) is 22.0. The predicted molar refractivity (Wildman–Crippen MR) is 596 cm³/mol. The topological polar surface area (TPSA) is 268 Å². The molecule has 27 rings (SSSR count). The lowest BCUT2D eigenvalue weighted by atomic mass is 9.90. The molecule has 0 saturated heterocycles. The molecule has 0 aliphatic rings. The van der Waals surface area contributed by atoms with Gasteiger partial charge in [-0.25, -0.2) is 0 Å². The molecule has 27 aromatic rings. The molecule has 690 valence electrons. The quantitative estimate of drug-likeness (QED) is 0.110. The van der Waals surface area contributed by atoms with Gasteiger partial charge >= 0.3 is 0 Å². The average molecular weight is 1910 g/mol. The highest BCUT2D eigenvalue weighted by Gasteiger charge is 2.26. The first-order valence-corrected chi connectivity index (χ1v) is 48.5. The second kappa shape index (κ2) is 37.0. The number of hydrogen-bond acceptors (Lipinski definition) is 12. The Morgan fingerprint density at radius 2 is 0.393 bits per heavy atom. The van der Waals surface area contributed by atoms with Crippen molar-refractivity contribution in [1.29, 1.82) is 47.4 Å². The van der Waals surface area contributed by atoms with Crippen molar-refractivity contribution in [3.8, 4) is 172 Å². The van der Waals surface area contributed by atoms with Crippen molar-refractivity contribution in [1.82, 2.24) is 13.7 Å². The maximum atomic E-state index is 10.0. The Bertz CT molecular complexity index is 10600. The van der Waals surface area contributed by atoms with Gasteiger partial charge in [-0.05, 0) is 343 Å². The molecule has 0 aliphatic heterocycles. The fourth-order valence-electron chi connectivity index (χ4n) is 21.5. The Morgan fingerprint density at radius 3 is 0.720 bits per heavy atom. The molecule has 0 unspecified atom stereocenters. The molecule has 0 N–H and O–H groups in total. The molecule has 0 aliphatic carbocycles. The first kappa shape index (κ1) is 89.2. The van der Waals surface area contributed by atoms with E-state index in [1.54, 1.807) is 0 Å². The summed E-state index contributed by atoms with van der Waals surface area (Å²) >= 11 is 0. The second-order valence-corrected chi connectivity index (χ2v) is 37.0. The van der Waals surface area contributed by atoms with E-state index in [9.17, 15) is 47.4 Å². The van der Waals surface area contributed by atoms with E-state index in [4.69, 9.17) is 13.3 Å². The monoisotopic (exact) mass is 1910 g/mol. The highest BCUT2D eigenvalue weighted by molar-refractivity contribution is 6.15. The van der Waals surface area contributed by atoms with Crippen LogP contribution in [-0.2, 0) is 0 Å². The van der Waals surface area contributed by atoms with E-state index in [-0.39, 0.29) is 0 Å². The molecular weight excluding hydrogens is 1840 g/mol. The van der Waals surface area contributed by atoms with Crippen molar-refractivity contribution in [3.63, 3.8) is 0 Å². The van der Waals surface area contributed by atoms with Crippen LogP contribution in [0.5, 0.6) is 0 Å². The van der Waals surface area contributed by atoms with Gasteiger partial charge in [-0.2, -0.15) is 47.4 Å². The zero-order valence-electron chi connectivity index (χ0n) is 79.7. The maximum absolute atomic E-state index is 10.0. The summed E-state index contributed by atoms with van der Waals surface area (Å²) < 4.78 is 25.1. The number of benzene rings is 21. The number of furan rings is 3. The van der Waals surface area contributed by atoms with Gasteiger partial charge in [0.05, 0.1) is 138 Å². The van der Waals surface area contributed by atoms with Gasteiger partial charge in [-0.1, -0.05) is 188 Å². The van der Waals surface area contributed by atoms with Crippen molar-refractivity contribution in [3.05, 3.63) is 487 Å². The van der Waals surface area contributed by atoms with Gasteiger partial charge in [0.25, 0.3) is 0 Å². The summed E-state index contributed by atoms with van der Waals surface area (Å²) in [5.74, 6) is 0. The van der Waals surface area contributed by atoms with Gasteiger partial charge in [0, 0.05) is 87.3 Å². The first-order valence-electron chi connectivity index (χ1n) is 48.5. The molecule has 21 aromatic carbocycles. The van der Waals surface area contributed by atoms with E-state index >= 15 is 0 Å². The third-order valence-corrected chi connectivity index (χ3v) is 28.4. The van der Waals surface area contributed by atoms with Crippen LogP contribution in [0, 0.1) is 102 Å². The SMILES string of the molecule is N#Cc1ccc(-c2ccccc2-c2cc(-c3ccc4oc5ccccc5c4c3)cc(-n3c4ccc(C#N)cc4c4cc(C#N)ccc43)c2)cc1.N#Cc1ccc2c(c1)c1cc(C#N)ccc1n2-c1cc(-c2ccc3oc4ccccc4c3c2)cc(-c2ccccc2-c2ccccc2C#N)c1.N#Cc1cccc(-c2ccccc2-c2cc(-c3ccc4oc5ccccc5c4c3)cc(-n3c4ccc(C#N)cc4c4cc(C#N)ccc43)c2)c1. The summed E-state index contributed by atoms with van der Waals surface area (Å²) in [6, 6.07) is 166. The fourth-order valence-corrected chi connectivity index (χ4v) is 21.5. The summed E-state index contributed by atoms with van der Waals surface area (Å²) in [4.78, 5) is 0. The minimum atomic E-state index is 0.555. The van der Waals surface area contributed by atoms with Gasteiger partial charge in [0.2, 0.25) is 0 Å². The lowest BCUT2D eigenvalue weighted by Gasteiger charge is -2.16. The fraction of sp³-hybridized carbons (Fsp3) is 0. The molecule has 6 aromatic heterocycles. The number of rotatable bonds is 12. The van der Waals surface area contributed by atoms with Crippen LogP contribution in [0.25, 0.3) is 248 Å². The Hall–Kier alpha value is -22.2. The number of nitrogens with zero attached hydrogens (tertiary/aromatic N) is 12. The number of nitriles is 9. The molecule has 6 heterocycles. The molecule has 0 spiro atoms. The third-order valence-electron chi connectivity index (χ3n) is 28.4. The van der Waals surface area contributed by atoms with Crippen LogP contribution >= 0.6 is 0 Å². The van der Waals surface area contributed by atoms with Crippen LogP contribution in [0.2, 0.25) is 0 Å². The molecule has 150 heavy (non-hydrogen) atoms. The van der Waals surface area contributed by atoms with E-state index in [1.807, 2.05) is 291 Å². The highest BCUT2D eigenvalue weighted by atomic mass is 16.3. The molecule has 0 amide bonds. The van der Waals surface area contributed by atoms with E-state index in [2.05, 4.69) is 214 Å². The van der Waals surface area contributed by atoms with Crippen LogP contribution in [0.3, 0.4) is 0 Å². The zero-order valence-corrected chi connectivity index (χ0v) is 79.7. The standard InChI is InChI=1S/3C45H24N4O/c46-25-28-6-5-7-32(18-28)36-8-1-2-9-37(36)34-21-33(31-14-17-45-41(24-31)38-10-3-4-11-44(38)50-45)22-35(23-34)49-42-15-12-29(26-47)19-39(42)40-20-30(27-48)13-16-43(40)49;46-25-28-13-16-42-39(19-28)40-20-29(26-47)14-17-43(40)49(42)34-22-32(30-15-18-45-41(24-30)38-11-5-6-12-44(38)50-45)21-33(23-34)36-9-3-4-10-37(36)35-8-2-1-7-31(35)27-48;46-25-28-9-13-31(14-10-28)36-5-1-2-6-37(36)34-21-33(32-15-18-45-41(24-32)38-7-3-4-8-44(38)50-45)22-35(23-34)49-42-16-11-29(26-47)19-39(42)40-20-30(27-48)12-17-43(40)49/h3*1-24H. The molecule has 0 bridgehead atoms. The first-order chi connectivity index (χ1) is 73.8. The summed E-state index contributed by atoms with van der Waals surface area (Å²) in [7, 11) is 0. The molecule has 0 saturated carbocycles. The molecular formula is C135H72N12O3. The van der Waals surface area contributed by atoms with Crippen molar-refractivity contribution in [2.45, 2.75) is 0 Å². The maximum Gasteiger partial charge on any atom is 0.135 e. The number of aromatic nitrogens is 3. The lowest BCUT2D eigenvalue weighted by molar-refractivity contribution is 0.668. The van der Waals surface area contributed by atoms with Crippen LogP contribution in [0.15, 0.2) is 450 Å². The molecule has 0 fully saturated rings. The largest absolute Gasteiger partial charge is 0.456 e. The van der Waals surface area contributed by atoms with Crippen molar-refractivity contribution >= 4 is 131 Å². The smallest absolute Gasteiger partial charge is 0.135 e. The van der Waals surface area contributed by atoms with Gasteiger partial charge < -0.3 is 27.0 Å². The average Bonchev–Trinajstić information content (AvgIpc) is 1.59. The third kappa shape index (κ3) is 15.7. The second-order valence-electron chi connectivity index (χ2n) is 37.0. The minimum Gasteiger partial charge on any atom is -0.456 e. The summed E-state index contributed by atoms with van der Waals surface area (Å²) in [5.41, 5.74) is 36.7. The van der Waals surface area contributed by atoms with E-state index in [1.165, 1.54) is 0 Å². The van der Waals surface area contributed by atoms with Crippen LogP contribution in [0.4, 0.5) is 0 Å². The van der Waals surface area contributed by atoms with Gasteiger partial charge in [-0.3, -0.25) is 0 Å². The van der Waals surface area contributed by atoms with Crippen LogP contribution < -0.4 is 0 Å². The molecule has 0 atom stereocenters. The summed E-state index contributed by atoms with van der Waals surface area (Å²) in [6.45, 7) is 0. The lowest BCUT2D eigenvalue weighted by Crippen LogP contribution is -1.97. The highest BCUT2D eigenvalue weighted by Crippen LogP contribution is 2.48.